The zero-order valence-electron chi connectivity index (χ0n) is 10.9. The molecule has 1 aromatic carbocycles. The highest BCUT2D eigenvalue weighted by molar-refractivity contribution is 6.60. The van der Waals surface area contributed by atoms with Crippen molar-refractivity contribution in [1.82, 2.24) is 0 Å². The van der Waals surface area contributed by atoms with Crippen molar-refractivity contribution in [1.29, 1.82) is 0 Å². The van der Waals surface area contributed by atoms with Crippen LogP contribution in [0.1, 0.15) is 18.4 Å². The molecule has 0 N–H and O–H groups in total. The molecule has 0 aliphatic carbocycles. The first-order valence-corrected chi connectivity index (χ1v) is 7.89. The topological polar surface area (TPSA) is 27.7 Å². The van der Waals surface area contributed by atoms with Crippen LogP contribution in [0.3, 0.4) is 0 Å². The highest BCUT2D eigenvalue weighted by Crippen LogP contribution is 2.17. The van der Waals surface area contributed by atoms with Crippen molar-refractivity contribution in [2.24, 2.45) is 0 Å². The molecule has 0 aromatic heterocycles. The summed E-state index contributed by atoms with van der Waals surface area (Å²) in [5.74, 6) is 0. The largest absolute Gasteiger partial charge is 0.500 e. The van der Waals surface area contributed by atoms with Crippen molar-refractivity contribution in [3.8, 4) is 0 Å². The monoisotopic (exact) mass is 254 g/mol. The van der Waals surface area contributed by atoms with E-state index in [2.05, 4.69) is 24.3 Å². The van der Waals surface area contributed by atoms with Crippen LogP contribution < -0.4 is 0 Å². The maximum atomic E-state index is 5.38. The van der Waals surface area contributed by atoms with Gasteiger partial charge in [0.05, 0.1) is 0 Å². The van der Waals surface area contributed by atoms with Gasteiger partial charge in [-0.25, -0.2) is 0 Å². The van der Waals surface area contributed by atoms with Crippen molar-refractivity contribution < 1.29 is 13.3 Å². The minimum Gasteiger partial charge on any atom is -0.377 e. The minimum absolute atomic E-state index is 0.878. The quantitative estimate of drug-likeness (QED) is 0.527. The van der Waals surface area contributed by atoms with Crippen LogP contribution >= 0.6 is 0 Å². The molecular formula is C13H22O3Si. The van der Waals surface area contributed by atoms with E-state index in [1.54, 1.807) is 21.3 Å². The summed E-state index contributed by atoms with van der Waals surface area (Å²) in [5.41, 5.74) is 1.38. The van der Waals surface area contributed by atoms with E-state index in [4.69, 9.17) is 13.3 Å². The van der Waals surface area contributed by atoms with Crippen molar-refractivity contribution in [2.75, 3.05) is 21.3 Å². The lowest BCUT2D eigenvalue weighted by molar-refractivity contribution is 0.123. The van der Waals surface area contributed by atoms with E-state index in [0.717, 1.165) is 25.3 Å². The van der Waals surface area contributed by atoms with E-state index in [0.29, 0.717) is 0 Å². The molecule has 0 radical (unpaired) electrons. The molecule has 0 spiro atoms. The number of hydrogen-bond acceptors (Lipinski definition) is 3. The lowest BCUT2D eigenvalue weighted by atomic mass is 10.1. The van der Waals surface area contributed by atoms with Crippen molar-refractivity contribution >= 4 is 8.80 Å². The Morgan fingerprint density at radius 2 is 1.47 bits per heavy atom. The van der Waals surface area contributed by atoms with Crippen LogP contribution in [0.25, 0.3) is 0 Å². The smallest absolute Gasteiger partial charge is 0.377 e. The van der Waals surface area contributed by atoms with Gasteiger partial charge in [0.25, 0.3) is 0 Å². The van der Waals surface area contributed by atoms with E-state index in [-0.39, 0.29) is 0 Å². The molecule has 0 fully saturated rings. The second-order valence-corrected chi connectivity index (χ2v) is 7.08. The van der Waals surface area contributed by atoms with Crippen molar-refractivity contribution in [3.63, 3.8) is 0 Å². The molecule has 96 valence electrons. The van der Waals surface area contributed by atoms with E-state index in [1.807, 2.05) is 6.07 Å². The van der Waals surface area contributed by atoms with Gasteiger partial charge < -0.3 is 13.3 Å². The summed E-state index contributed by atoms with van der Waals surface area (Å²) in [6.07, 6.45) is 3.30. The van der Waals surface area contributed by atoms with Gasteiger partial charge in [0.2, 0.25) is 0 Å². The van der Waals surface area contributed by atoms with Crippen molar-refractivity contribution in [3.05, 3.63) is 35.9 Å². The third kappa shape index (κ3) is 4.59. The van der Waals surface area contributed by atoms with Gasteiger partial charge >= 0.3 is 8.80 Å². The average Bonchev–Trinajstić information content (AvgIpc) is 2.41. The highest BCUT2D eigenvalue weighted by Gasteiger charge is 2.36. The first-order valence-electron chi connectivity index (χ1n) is 5.95. The molecule has 0 saturated heterocycles. The molecule has 0 aliphatic rings. The molecule has 0 heterocycles. The predicted molar refractivity (Wildman–Crippen MR) is 71.0 cm³/mol. The maximum Gasteiger partial charge on any atom is 0.500 e. The Morgan fingerprint density at radius 1 is 0.882 bits per heavy atom. The summed E-state index contributed by atoms with van der Waals surface area (Å²) >= 11 is 0. The number of rotatable bonds is 8. The third-order valence-corrected chi connectivity index (χ3v) is 5.81. The van der Waals surface area contributed by atoms with Crippen LogP contribution in [0.15, 0.2) is 30.3 Å². The summed E-state index contributed by atoms with van der Waals surface area (Å²) in [7, 11) is 2.63. The lowest BCUT2D eigenvalue weighted by Crippen LogP contribution is -2.42. The molecule has 0 saturated carbocycles. The van der Waals surface area contributed by atoms with Gasteiger partial charge in [0.15, 0.2) is 0 Å². The van der Waals surface area contributed by atoms with E-state index in [1.165, 1.54) is 5.56 Å². The van der Waals surface area contributed by atoms with Crippen LogP contribution in [-0.2, 0) is 19.7 Å². The van der Waals surface area contributed by atoms with Crippen LogP contribution in [0.2, 0.25) is 6.04 Å². The fourth-order valence-electron chi connectivity index (χ4n) is 1.87. The Kier molecular flexibility index (Phi) is 6.43. The summed E-state index contributed by atoms with van der Waals surface area (Å²) in [5, 5.41) is 0. The molecule has 0 atom stereocenters. The molecule has 17 heavy (non-hydrogen) atoms. The summed E-state index contributed by atoms with van der Waals surface area (Å²) in [4.78, 5) is 0. The van der Waals surface area contributed by atoms with E-state index in [9.17, 15) is 0 Å². The number of benzene rings is 1. The second-order valence-electron chi connectivity index (χ2n) is 3.99. The summed E-state index contributed by atoms with van der Waals surface area (Å²) in [6, 6.07) is 11.4. The molecule has 0 unspecified atom stereocenters. The fourth-order valence-corrected chi connectivity index (χ4v) is 3.67. The lowest BCUT2D eigenvalue weighted by Gasteiger charge is -2.24. The summed E-state index contributed by atoms with van der Waals surface area (Å²) < 4.78 is 16.1. The van der Waals surface area contributed by atoms with Gasteiger partial charge in [-0.05, 0) is 24.8 Å². The van der Waals surface area contributed by atoms with Crippen LogP contribution in [0, 0.1) is 0 Å². The van der Waals surface area contributed by atoms with Gasteiger partial charge in [-0.2, -0.15) is 0 Å². The normalized spacial score (nSPS) is 11.7. The minimum atomic E-state index is -2.36. The Morgan fingerprint density at radius 3 is 2.00 bits per heavy atom. The Labute approximate surface area is 105 Å². The number of aryl methyl sites for hydroxylation is 1. The van der Waals surface area contributed by atoms with Gasteiger partial charge in [0, 0.05) is 27.4 Å². The predicted octanol–water partition coefficient (Wildman–Crippen LogP) is 2.89. The molecule has 0 bridgehead atoms. The van der Waals surface area contributed by atoms with Crippen LogP contribution in [-0.4, -0.2) is 30.1 Å². The number of hydrogen-bond donors (Lipinski definition) is 0. The zero-order valence-corrected chi connectivity index (χ0v) is 11.9. The molecule has 4 heteroatoms. The molecule has 3 nitrogen and oxygen atoms in total. The van der Waals surface area contributed by atoms with E-state index >= 15 is 0 Å². The van der Waals surface area contributed by atoms with Gasteiger partial charge in [0.1, 0.15) is 0 Å². The highest BCUT2D eigenvalue weighted by atomic mass is 28.4. The van der Waals surface area contributed by atoms with Crippen LogP contribution in [0.4, 0.5) is 0 Å². The average molecular weight is 254 g/mol. The third-order valence-electron chi connectivity index (χ3n) is 2.97. The van der Waals surface area contributed by atoms with Crippen LogP contribution in [0.5, 0.6) is 0 Å². The van der Waals surface area contributed by atoms with Gasteiger partial charge in [-0.3, -0.25) is 0 Å². The van der Waals surface area contributed by atoms with E-state index < -0.39 is 8.80 Å². The molecule has 1 aromatic rings. The Balaban J connectivity index is 2.28. The fraction of sp³-hybridized carbons (Fsp3) is 0.538. The second kappa shape index (κ2) is 7.61. The van der Waals surface area contributed by atoms with Crippen molar-refractivity contribution in [2.45, 2.75) is 25.3 Å². The molecular weight excluding hydrogens is 232 g/mol. The van der Waals surface area contributed by atoms with Gasteiger partial charge in [-0.1, -0.05) is 30.3 Å². The molecule has 0 aliphatic heterocycles. The zero-order chi connectivity index (χ0) is 12.6. The number of unbranched alkanes of at least 4 members (excludes halogenated alkanes) is 1. The van der Waals surface area contributed by atoms with Gasteiger partial charge in [-0.15, -0.1) is 0 Å². The summed E-state index contributed by atoms with van der Waals surface area (Å²) in [6.45, 7) is 0. The standard InChI is InChI=1S/C13H22O3Si/c1-14-17(15-2,16-3)12-8-7-11-13-9-5-4-6-10-13/h4-6,9-10H,7-8,11-12H2,1-3H3. The Bertz CT molecular complexity index is 291. The Hall–Kier alpha value is -0.683. The first-order chi connectivity index (χ1) is 8.26. The maximum absolute atomic E-state index is 5.38. The molecule has 0 amide bonds. The first kappa shape index (κ1) is 14.4. The SMILES string of the molecule is CO[Si](CCCCc1ccccc1)(OC)OC. The molecule has 1 rings (SSSR count).